The van der Waals surface area contributed by atoms with Crippen molar-refractivity contribution in [2.45, 2.75) is 57.5 Å². The molecule has 1 aromatic rings. The van der Waals surface area contributed by atoms with Gasteiger partial charge in [-0.3, -0.25) is 4.79 Å². The topological polar surface area (TPSA) is 58.6 Å². The third-order valence-electron chi connectivity index (χ3n) is 5.71. The molecule has 27 heavy (non-hydrogen) atoms. The van der Waals surface area contributed by atoms with Gasteiger partial charge in [0.05, 0.1) is 6.10 Å². The number of nitrogens with one attached hydrogen (secondary N) is 1. The van der Waals surface area contributed by atoms with Crippen molar-refractivity contribution in [2.24, 2.45) is 5.92 Å². The Balaban J connectivity index is 1.30. The Morgan fingerprint density at radius 3 is 2.41 bits per heavy atom. The van der Waals surface area contributed by atoms with Gasteiger partial charge in [0.2, 0.25) is 0 Å². The number of carbonyl (C=O) groups is 2. The van der Waals surface area contributed by atoms with Crippen molar-refractivity contribution >= 4 is 11.8 Å². The van der Waals surface area contributed by atoms with E-state index in [1.54, 1.807) is 0 Å². The average molecular weight is 373 g/mol. The number of piperidine rings is 1. The Morgan fingerprint density at radius 2 is 1.70 bits per heavy atom. The van der Waals surface area contributed by atoms with Crippen LogP contribution in [0.25, 0.3) is 0 Å². The SMILES string of the molecule is O=C(c1ccccc1)C1CCN(C(=O)NCCCOC2CCCCC2)CC1. The van der Waals surface area contributed by atoms with E-state index in [1.807, 2.05) is 35.2 Å². The summed E-state index contributed by atoms with van der Waals surface area (Å²) in [6.45, 7) is 2.66. The van der Waals surface area contributed by atoms with Crippen LogP contribution in [0.15, 0.2) is 30.3 Å². The molecule has 0 aromatic heterocycles. The summed E-state index contributed by atoms with van der Waals surface area (Å²) in [5, 5.41) is 2.99. The number of nitrogens with zero attached hydrogens (tertiary/aromatic N) is 1. The van der Waals surface area contributed by atoms with Gasteiger partial charge >= 0.3 is 6.03 Å². The summed E-state index contributed by atoms with van der Waals surface area (Å²) < 4.78 is 5.89. The lowest BCUT2D eigenvalue weighted by molar-refractivity contribution is 0.0274. The van der Waals surface area contributed by atoms with Gasteiger partial charge in [0.15, 0.2) is 5.78 Å². The normalized spacial score (nSPS) is 19.0. The molecule has 1 heterocycles. The fourth-order valence-electron chi connectivity index (χ4n) is 4.04. The number of amides is 2. The fourth-order valence-corrected chi connectivity index (χ4v) is 4.04. The van der Waals surface area contributed by atoms with Crippen molar-refractivity contribution < 1.29 is 14.3 Å². The highest BCUT2D eigenvalue weighted by molar-refractivity contribution is 5.97. The zero-order valence-electron chi connectivity index (χ0n) is 16.2. The van der Waals surface area contributed by atoms with Crippen molar-refractivity contribution in [3.8, 4) is 0 Å². The number of rotatable bonds is 7. The Bertz CT molecular complexity index is 591. The Morgan fingerprint density at radius 1 is 1.00 bits per heavy atom. The number of Topliss-reactive ketones (excluding diaryl/α,β-unsaturated/α-hetero) is 1. The van der Waals surface area contributed by atoms with Gasteiger partial charge in [-0.25, -0.2) is 4.79 Å². The van der Waals surface area contributed by atoms with Crippen LogP contribution < -0.4 is 5.32 Å². The van der Waals surface area contributed by atoms with Crippen LogP contribution in [0, 0.1) is 5.92 Å². The maximum atomic E-state index is 12.5. The molecular formula is C22H32N2O3. The van der Waals surface area contributed by atoms with E-state index in [9.17, 15) is 9.59 Å². The zero-order valence-corrected chi connectivity index (χ0v) is 16.2. The van der Waals surface area contributed by atoms with Gasteiger partial charge in [-0.15, -0.1) is 0 Å². The first-order chi connectivity index (χ1) is 13.2. The van der Waals surface area contributed by atoms with Crippen LogP contribution in [0.4, 0.5) is 4.79 Å². The van der Waals surface area contributed by atoms with E-state index in [4.69, 9.17) is 4.74 Å². The van der Waals surface area contributed by atoms with E-state index in [1.165, 1.54) is 32.1 Å². The summed E-state index contributed by atoms with van der Waals surface area (Å²) >= 11 is 0. The van der Waals surface area contributed by atoms with E-state index >= 15 is 0 Å². The Labute approximate surface area is 162 Å². The molecule has 2 amide bonds. The van der Waals surface area contributed by atoms with E-state index in [2.05, 4.69) is 5.32 Å². The number of likely N-dealkylation sites (tertiary alicyclic amines) is 1. The molecule has 3 rings (SSSR count). The van der Waals surface area contributed by atoms with E-state index in [-0.39, 0.29) is 17.7 Å². The lowest BCUT2D eigenvalue weighted by Crippen LogP contribution is -2.45. The van der Waals surface area contributed by atoms with Crippen molar-refractivity contribution in [2.75, 3.05) is 26.2 Å². The van der Waals surface area contributed by atoms with E-state index in [0.717, 1.165) is 31.4 Å². The van der Waals surface area contributed by atoms with Gasteiger partial charge in [-0.2, -0.15) is 0 Å². The number of benzene rings is 1. The molecule has 2 fully saturated rings. The Hall–Kier alpha value is -1.88. The highest BCUT2D eigenvalue weighted by Gasteiger charge is 2.27. The molecule has 5 nitrogen and oxygen atoms in total. The van der Waals surface area contributed by atoms with Crippen LogP contribution in [0.5, 0.6) is 0 Å². The molecule has 0 unspecified atom stereocenters. The van der Waals surface area contributed by atoms with Crippen LogP contribution in [-0.4, -0.2) is 49.1 Å². The van der Waals surface area contributed by atoms with Crippen LogP contribution in [-0.2, 0) is 4.74 Å². The quantitative estimate of drug-likeness (QED) is 0.581. The second-order valence-electron chi connectivity index (χ2n) is 7.71. The standard InChI is InChI=1S/C22H32N2O3/c25-21(18-8-3-1-4-9-18)19-12-15-24(16-13-19)22(26)23-14-7-17-27-20-10-5-2-6-11-20/h1,3-4,8-9,19-20H,2,5-7,10-17H2,(H,23,26). The predicted molar refractivity (Wildman–Crippen MR) is 106 cm³/mol. The maximum absolute atomic E-state index is 12.5. The Kier molecular flexibility index (Phi) is 7.69. The summed E-state index contributed by atoms with van der Waals surface area (Å²) in [7, 11) is 0. The summed E-state index contributed by atoms with van der Waals surface area (Å²) in [5.41, 5.74) is 0.776. The molecule has 1 aliphatic carbocycles. The predicted octanol–water partition coefficient (Wildman–Crippen LogP) is 4.03. The molecule has 2 aliphatic rings. The highest BCUT2D eigenvalue weighted by atomic mass is 16.5. The minimum atomic E-state index is -0.0155. The molecule has 0 radical (unpaired) electrons. The molecule has 1 aromatic carbocycles. The lowest BCUT2D eigenvalue weighted by Gasteiger charge is -2.31. The molecular weight excluding hydrogens is 340 g/mol. The third kappa shape index (κ3) is 6.06. The molecule has 0 spiro atoms. The molecule has 5 heteroatoms. The van der Waals surface area contributed by atoms with Crippen LogP contribution in [0.2, 0.25) is 0 Å². The second-order valence-corrected chi connectivity index (χ2v) is 7.71. The fraction of sp³-hybridized carbons (Fsp3) is 0.636. The molecule has 148 valence electrons. The van der Waals surface area contributed by atoms with E-state index in [0.29, 0.717) is 25.7 Å². The van der Waals surface area contributed by atoms with Crippen LogP contribution in [0.3, 0.4) is 0 Å². The zero-order chi connectivity index (χ0) is 18.9. The third-order valence-corrected chi connectivity index (χ3v) is 5.71. The monoisotopic (exact) mass is 372 g/mol. The minimum absolute atomic E-state index is 0.0155. The number of hydrogen-bond acceptors (Lipinski definition) is 3. The van der Waals surface area contributed by atoms with Crippen LogP contribution >= 0.6 is 0 Å². The summed E-state index contributed by atoms with van der Waals surface area (Å²) in [5.74, 6) is 0.232. The number of ketones is 1. The molecule has 0 bridgehead atoms. The molecule has 1 saturated carbocycles. The van der Waals surface area contributed by atoms with Gasteiger partial charge < -0.3 is 15.0 Å². The van der Waals surface area contributed by atoms with Gasteiger partial charge in [-0.05, 0) is 32.1 Å². The molecule has 1 saturated heterocycles. The molecule has 1 aliphatic heterocycles. The van der Waals surface area contributed by atoms with E-state index < -0.39 is 0 Å². The number of carbonyl (C=O) groups excluding carboxylic acids is 2. The summed E-state index contributed by atoms with van der Waals surface area (Å²) in [4.78, 5) is 26.6. The lowest BCUT2D eigenvalue weighted by atomic mass is 9.89. The van der Waals surface area contributed by atoms with Crippen molar-refractivity contribution in [3.63, 3.8) is 0 Å². The first-order valence-electron chi connectivity index (χ1n) is 10.5. The van der Waals surface area contributed by atoms with Gasteiger partial charge in [0, 0.05) is 37.7 Å². The maximum Gasteiger partial charge on any atom is 0.317 e. The second kappa shape index (κ2) is 10.5. The van der Waals surface area contributed by atoms with Gasteiger partial charge in [-0.1, -0.05) is 49.6 Å². The molecule has 1 N–H and O–H groups in total. The molecule has 0 atom stereocenters. The minimum Gasteiger partial charge on any atom is -0.378 e. The van der Waals surface area contributed by atoms with Crippen molar-refractivity contribution in [1.82, 2.24) is 10.2 Å². The number of urea groups is 1. The number of hydrogen-bond donors (Lipinski definition) is 1. The van der Waals surface area contributed by atoms with Crippen molar-refractivity contribution in [1.29, 1.82) is 0 Å². The first kappa shape index (κ1) is 19.9. The first-order valence-corrected chi connectivity index (χ1v) is 10.5. The van der Waals surface area contributed by atoms with Gasteiger partial charge in [0.25, 0.3) is 0 Å². The average Bonchev–Trinajstić information content (AvgIpc) is 2.74. The smallest absolute Gasteiger partial charge is 0.317 e. The highest BCUT2D eigenvalue weighted by Crippen LogP contribution is 2.22. The number of ether oxygens (including phenoxy) is 1. The van der Waals surface area contributed by atoms with Gasteiger partial charge in [0.1, 0.15) is 0 Å². The summed E-state index contributed by atoms with van der Waals surface area (Å²) in [6, 6.07) is 9.44. The van der Waals surface area contributed by atoms with Crippen LogP contribution in [0.1, 0.15) is 61.7 Å². The largest absolute Gasteiger partial charge is 0.378 e. The summed E-state index contributed by atoms with van der Waals surface area (Å²) in [6.07, 6.45) is 9.03. The van der Waals surface area contributed by atoms with Crippen molar-refractivity contribution in [3.05, 3.63) is 35.9 Å².